The van der Waals surface area contributed by atoms with Crippen LogP contribution in [0.15, 0.2) is 71.8 Å². The maximum Gasteiger partial charge on any atom is 0.408 e. The quantitative estimate of drug-likeness (QED) is 0.0650. The molecule has 65 heavy (non-hydrogen) atoms. The smallest absolute Gasteiger partial charge is 0.408 e. The van der Waals surface area contributed by atoms with Crippen molar-refractivity contribution < 1.29 is 72.5 Å². The largest absolute Gasteiger partial charge is 0.455 e. The average molecular weight is 971 g/mol. The fourth-order valence-corrected chi connectivity index (χ4v) is 10.6. The van der Waals surface area contributed by atoms with Crippen LogP contribution in [0.3, 0.4) is 0 Å². The SMILES string of the molecule is CC(=O)O[C@@]12CO[C@@H]1C[C@H](O)[C@@]1(C)C(=O)[C@H](O)C3=C(C)C(OC(=O)C(OC(=O)CCCCBr)C(NC(=O)OC(C)(C)C)c4ccccc4)C[C@@](O)(C(OC(=O)c4ccccc4)C12)C3(C)C. The second-order valence-electron chi connectivity index (χ2n) is 19.2. The third kappa shape index (κ3) is 9.36. The molecule has 354 valence electrons. The van der Waals surface area contributed by atoms with E-state index in [1.54, 1.807) is 83.1 Å². The van der Waals surface area contributed by atoms with E-state index in [0.29, 0.717) is 23.7 Å². The number of amides is 1. The lowest BCUT2D eigenvalue weighted by Crippen LogP contribution is -2.81. The number of alkyl carbamates (subject to hydrolysis) is 1. The monoisotopic (exact) mass is 969 g/mol. The van der Waals surface area contributed by atoms with Crippen LogP contribution in [0.25, 0.3) is 0 Å². The van der Waals surface area contributed by atoms with Crippen molar-refractivity contribution in [1.29, 1.82) is 0 Å². The number of ether oxygens (including phenoxy) is 6. The highest BCUT2D eigenvalue weighted by atomic mass is 79.9. The molecule has 1 aliphatic heterocycles. The van der Waals surface area contributed by atoms with E-state index >= 15 is 4.79 Å². The molecule has 0 aromatic heterocycles. The van der Waals surface area contributed by atoms with E-state index in [2.05, 4.69) is 21.2 Å². The number of carbonyl (C=O) groups excluding carboxylic acids is 6. The van der Waals surface area contributed by atoms with Crippen LogP contribution in [0, 0.1) is 16.7 Å². The summed E-state index contributed by atoms with van der Waals surface area (Å²) in [5, 5.41) is 41.3. The number of hydrogen-bond acceptors (Lipinski definition) is 15. The second-order valence-corrected chi connectivity index (χ2v) is 20.0. The summed E-state index contributed by atoms with van der Waals surface area (Å²) in [6.07, 6.45) is -10.6. The third-order valence-electron chi connectivity index (χ3n) is 13.6. The number of fused-ring (bicyclic) bond motifs is 5. The highest BCUT2D eigenvalue weighted by Gasteiger charge is 2.78. The number of ketones is 1. The normalized spacial score (nSPS) is 31.2. The average Bonchev–Trinajstić information content (AvgIpc) is 3.23. The van der Waals surface area contributed by atoms with E-state index in [1.807, 2.05) is 0 Å². The molecule has 2 saturated carbocycles. The van der Waals surface area contributed by atoms with Crippen LogP contribution in [-0.2, 0) is 47.6 Å². The fourth-order valence-electron chi connectivity index (χ4n) is 10.2. The number of nitrogens with one attached hydrogen (secondary N) is 1. The molecular weight excluding hydrogens is 910 g/mol. The van der Waals surface area contributed by atoms with Crippen molar-refractivity contribution in [3.8, 4) is 0 Å². The maximum atomic E-state index is 15.2. The molecule has 17 heteroatoms. The first-order valence-corrected chi connectivity index (χ1v) is 23.0. The summed E-state index contributed by atoms with van der Waals surface area (Å²) < 4.78 is 36.0. The number of aliphatic hydroxyl groups is 3. The molecule has 4 N–H and O–H groups in total. The maximum absolute atomic E-state index is 15.2. The van der Waals surface area contributed by atoms with Gasteiger partial charge in [0, 0.05) is 36.9 Å². The Morgan fingerprint density at radius 3 is 2.15 bits per heavy atom. The molecule has 2 aromatic rings. The fraction of sp³-hybridized carbons (Fsp3) is 0.583. The Balaban J connectivity index is 1.52. The first-order valence-electron chi connectivity index (χ1n) is 21.8. The number of unbranched alkanes of at least 4 members (excludes halogenated alkanes) is 1. The van der Waals surface area contributed by atoms with Crippen LogP contribution in [0.2, 0.25) is 0 Å². The third-order valence-corrected chi connectivity index (χ3v) is 14.1. The number of halogens is 1. The molecule has 0 spiro atoms. The van der Waals surface area contributed by atoms with Crippen LogP contribution in [0.5, 0.6) is 0 Å². The van der Waals surface area contributed by atoms with Crippen molar-refractivity contribution >= 4 is 51.7 Å². The predicted molar refractivity (Wildman–Crippen MR) is 235 cm³/mol. The summed E-state index contributed by atoms with van der Waals surface area (Å²) >= 11 is 3.35. The van der Waals surface area contributed by atoms with Gasteiger partial charge in [-0.25, -0.2) is 14.4 Å². The van der Waals surface area contributed by atoms with Crippen LogP contribution >= 0.6 is 15.9 Å². The van der Waals surface area contributed by atoms with Crippen molar-refractivity contribution in [2.45, 2.75) is 147 Å². The molecule has 2 bridgehead atoms. The molecule has 6 rings (SSSR count). The van der Waals surface area contributed by atoms with Gasteiger partial charge in [-0.15, -0.1) is 0 Å². The molecule has 11 atom stereocenters. The van der Waals surface area contributed by atoms with E-state index in [9.17, 15) is 39.3 Å². The van der Waals surface area contributed by atoms with Gasteiger partial charge in [0.25, 0.3) is 0 Å². The van der Waals surface area contributed by atoms with E-state index in [1.165, 1.54) is 26.0 Å². The molecule has 2 aromatic carbocycles. The lowest BCUT2D eigenvalue weighted by atomic mass is 9.44. The highest BCUT2D eigenvalue weighted by Crippen LogP contribution is 2.64. The lowest BCUT2D eigenvalue weighted by Gasteiger charge is -2.67. The van der Waals surface area contributed by atoms with Gasteiger partial charge >= 0.3 is 30.0 Å². The van der Waals surface area contributed by atoms with Crippen molar-refractivity contribution in [2.75, 3.05) is 11.9 Å². The predicted octanol–water partition coefficient (Wildman–Crippen LogP) is 5.38. The number of alkyl halides is 1. The number of benzene rings is 2. The minimum atomic E-state index is -2.40. The van der Waals surface area contributed by atoms with E-state index in [-0.39, 0.29) is 36.2 Å². The van der Waals surface area contributed by atoms with Crippen molar-refractivity contribution in [3.05, 3.63) is 82.9 Å². The molecule has 3 fully saturated rings. The van der Waals surface area contributed by atoms with Gasteiger partial charge in [0.15, 0.2) is 11.4 Å². The molecule has 5 unspecified atom stereocenters. The Bertz CT molecular complexity index is 2170. The Kier molecular flexibility index (Phi) is 14.5. The van der Waals surface area contributed by atoms with Gasteiger partial charge in [0.2, 0.25) is 6.10 Å². The lowest BCUT2D eigenvalue weighted by molar-refractivity contribution is -0.346. The van der Waals surface area contributed by atoms with Crippen LogP contribution in [0.4, 0.5) is 4.79 Å². The number of hydrogen-bond donors (Lipinski definition) is 4. The molecule has 1 heterocycles. The van der Waals surface area contributed by atoms with Crippen molar-refractivity contribution in [3.63, 3.8) is 0 Å². The standard InChI is InChI=1S/C48H60BrNO15/c1-26-30(61-42(57)37(62-33(53)21-15-16-22-49)35(28-17-11-9-12-18-28)50-43(58)65-44(3,4)5)24-48(59)40(63-41(56)29-19-13-10-14-20-29)38-46(8,39(55)36(54)34(26)45(48,6)7)31(52)23-32-47(38,25-60-32)64-27(2)51/h9-14,17-20,30-32,35-38,40,52,54,59H,15-16,21-25H2,1-8H3,(H,50,58)/t30?,31-,32+,35?,36+,37?,38?,40?,46+,47-,48+/m0/s1. The summed E-state index contributed by atoms with van der Waals surface area (Å²) in [5.41, 5.74) is -8.35. The molecule has 16 nitrogen and oxygen atoms in total. The zero-order valence-electron chi connectivity index (χ0n) is 38.0. The van der Waals surface area contributed by atoms with E-state index in [4.69, 9.17) is 28.4 Å². The Labute approximate surface area is 386 Å². The minimum Gasteiger partial charge on any atom is -0.455 e. The first-order chi connectivity index (χ1) is 30.4. The Hall–Kier alpha value is -4.68. The summed E-state index contributed by atoms with van der Waals surface area (Å²) in [4.78, 5) is 84.2. The van der Waals surface area contributed by atoms with Gasteiger partial charge in [0.1, 0.15) is 41.7 Å². The van der Waals surface area contributed by atoms with E-state index in [0.717, 1.165) is 6.92 Å². The summed E-state index contributed by atoms with van der Waals surface area (Å²) in [6.45, 7) is 11.8. The highest BCUT2D eigenvalue weighted by molar-refractivity contribution is 9.09. The first kappa shape index (κ1) is 49.7. The summed E-state index contributed by atoms with van der Waals surface area (Å²) in [7, 11) is 0. The molecule has 1 saturated heterocycles. The molecule has 3 aliphatic carbocycles. The molecule has 4 aliphatic rings. The summed E-state index contributed by atoms with van der Waals surface area (Å²) in [5.74, 6) is -6.14. The molecular formula is C48H60BrNO15. The topological polar surface area (TPSA) is 231 Å². The van der Waals surface area contributed by atoms with Gasteiger partial charge in [-0.3, -0.25) is 14.4 Å². The Morgan fingerprint density at radius 2 is 1.58 bits per heavy atom. The Morgan fingerprint density at radius 1 is 0.954 bits per heavy atom. The van der Waals surface area contributed by atoms with Crippen LogP contribution in [0.1, 0.15) is 109 Å². The number of esters is 4. The second kappa shape index (κ2) is 18.9. The number of rotatable bonds is 13. The number of carbonyl (C=O) groups is 6. The van der Waals surface area contributed by atoms with Gasteiger partial charge in [-0.1, -0.05) is 78.3 Å². The zero-order valence-corrected chi connectivity index (χ0v) is 39.5. The number of Topliss-reactive ketones (excluding diaryl/α,β-unsaturated/α-hetero) is 1. The van der Waals surface area contributed by atoms with E-state index < -0.39 is 118 Å². The van der Waals surface area contributed by atoms with Crippen molar-refractivity contribution in [2.24, 2.45) is 16.7 Å². The van der Waals surface area contributed by atoms with Gasteiger partial charge in [0.05, 0.1) is 29.6 Å². The minimum absolute atomic E-state index is 0.0688. The van der Waals surface area contributed by atoms with Gasteiger partial charge in [-0.2, -0.15) is 0 Å². The number of aliphatic hydroxyl groups excluding tert-OH is 2. The van der Waals surface area contributed by atoms with Crippen molar-refractivity contribution in [1.82, 2.24) is 5.32 Å². The zero-order chi connectivity index (χ0) is 47.9. The molecule has 1 amide bonds. The van der Waals surface area contributed by atoms with Crippen LogP contribution < -0.4 is 5.32 Å². The molecule has 0 radical (unpaired) electrons. The van der Waals surface area contributed by atoms with Gasteiger partial charge in [-0.05, 0) is 76.3 Å². The van der Waals surface area contributed by atoms with Gasteiger partial charge < -0.3 is 49.1 Å². The summed E-state index contributed by atoms with van der Waals surface area (Å²) in [6, 6.07) is 14.7. The van der Waals surface area contributed by atoms with Crippen LogP contribution in [-0.4, -0.2) is 116 Å².